The lowest BCUT2D eigenvalue weighted by atomic mass is 9.90. The molecule has 0 spiro atoms. The van der Waals surface area contributed by atoms with Gasteiger partial charge in [-0.05, 0) is 60.1 Å². The number of alkyl carbamates (subject to hydrolysis) is 1. The van der Waals surface area contributed by atoms with Gasteiger partial charge in [-0.1, -0.05) is 91.0 Å². The minimum atomic E-state index is -0.482. The highest BCUT2D eigenvalue weighted by Crippen LogP contribution is 2.21. The molecular weight excluding hydrogens is 502 g/mol. The van der Waals surface area contributed by atoms with E-state index in [-0.39, 0.29) is 35.9 Å². The Labute approximate surface area is 235 Å². The van der Waals surface area contributed by atoms with Crippen LogP contribution < -0.4 is 16.4 Å². The largest absolute Gasteiger partial charge is 0.506 e. The maximum absolute atomic E-state index is 12.9. The number of rotatable bonds is 12. The smallest absolute Gasteiger partial charge is 0.407 e. The van der Waals surface area contributed by atoms with E-state index in [1.54, 1.807) is 6.07 Å². The van der Waals surface area contributed by atoms with Crippen LogP contribution >= 0.6 is 0 Å². The van der Waals surface area contributed by atoms with Gasteiger partial charge in [0, 0.05) is 18.2 Å². The summed E-state index contributed by atoms with van der Waals surface area (Å²) in [6, 6.07) is 33.8. The number of anilines is 1. The Balaban J connectivity index is 1.47. The van der Waals surface area contributed by atoms with Gasteiger partial charge in [0.25, 0.3) is 5.91 Å². The van der Waals surface area contributed by atoms with E-state index in [1.165, 1.54) is 12.1 Å². The maximum Gasteiger partial charge on any atom is 0.407 e. The number of nitrogens with one attached hydrogen (secondary N) is 2. The van der Waals surface area contributed by atoms with Gasteiger partial charge in [-0.15, -0.1) is 0 Å². The minimum Gasteiger partial charge on any atom is -0.506 e. The molecule has 0 aliphatic heterocycles. The third-order valence-corrected chi connectivity index (χ3v) is 6.69. The van der Waals surface area contributed by atoms with Gasteiger partial charge in [0.15, 0.2) is 0 Å². The van der Waals surface area contributed by atoms with Crippen molar-refractivity contribution in [3.63, 3.8) is 0 Å². The number of nitrogen functional groups attached to an aromatic ring is 1. The van der Waals surface area contributed by atoms with Crippen LogP contribution in [0.4, 0.5) is 10.5 Å². The average Bonchev–Trinajstić information content (AvgIpc) is 2.97. The van der Waals surface area contributed by atoms with Crippen LogP contribution in [0.3, 0.4) is 0 Å². The molecule has 0 fully saturated rings. The Morgan fingerprint density at radius 3 is 1.95 bits per heavy atom. The van der Waals surface area contributed by atoms with Gasteiger partial charge in [-0.2, -0.15) is 0 Å². The third-order valence-electron chi connectivity index (χ3n) is 6.69. The molecule has 0 aliphatic rings. The number of phenols is 1. The highest BCUT2D eigenvalue weighted by Gasteiger charge is 2.21. The molecule has 206 valence electrons. The topological polar surface area (TPSA) is 114 Å². The maximum atomic E-state index is 12.9. The molecule has 7 nitrogen and oxygen atoms in total. The normalized spacial score (nSPS) is 12.2. The van der Waals surface area contributed by atoms with Crippen molar-refractivity contribution in [3.05, 3.63) is 131 Å². The number of phenolic OH excluding ortho intramolecular Hbond substituents is 1. The van der Waals surface area contributed by atoms with Crippen molar-refractivity contribution >= 4 is 17.7 Å². The lowest BCUT2D eigenvalue weighted by molar-refractivity contribution is 0.0943. The second-order valence-corrected chi connectivity index (χ2v) is 9.87. The Kier molecular flexibility index (Phi) is 10.2. The molecule has 40 heavy (non-hydrogen) atoms. The van der Waals surface area contributed by atoms with Gasteiger partial charge in [-0.25, -0.2) is 4.79 Å². The number of hydrogen-bond donors (Lipinski definition) is 4. The quantitative estimate of drug-likeness (QED) is 0.141. The van der Waals surface area contributed by atoms with Crippen LogP contribution in [0.1, 0.15) is 33.5 Å². The summed E-state index contributed by atoms with van der Waals surface area (Å²) in [5.74, 6) is -0.422. The van der Waals surface area contributed by atoms with Crippen molar-refractivity contribution in [1.82, 2.24) is 10.6 Å². The lowest BCUT2D eigenvalue weighted by Crippen LogP contribution is -2.40. The van der Waals surface area contributed by atoms with Crippen molar-refractivity contribution < 1.29 is 19.4 Å². The Morgan fingerprint density at radius 2 is 1.35 bits per heavy atom. The fourth-order valence-electron chi connectivity index (χ4n) is 4.64. The van der Waals surface area contributed by atoms with E-state index in [2.05, 4.69) is 22.8 Å². The van der Waals surface area contributed by atoms with Crippen LogP contribution in [0.2, 0.25) is 0 Å². The first-order valence-electron chi connectivity index (χ1n) is 13.4. The zero-order valence-electron chi connectivity index (χ0n) is 22.3. The van der Waals surface area contributed by atoms with E-state index in [1.807, 2.05) is 78.9 Å². The van der Waals surface area contributed by atoms with Gasteiger partial charge in [0.2, 0.25) is 0 Å². The molecule has 0 radical (unpaired) electrons. The van der Waals surface area contributed by atoms with Crippen molar-refractivity contribution in [2.24, 2.45) is 5.92 Å². The van der Waals surface area contributed by atoms with E-state index in [0.717, 1.165) is 16.7 Å². The number of aromatic hydroxyl groups is 1. The van der Waals surface area contributed by atoms with Gasteiger partial charge < -0.3 is 26.2 Å². The molecule has 0 aromatic heterocycles. The van der Waals surface area contributed by atoms with Gasteiger partial charge in [0.1, 0.15) is 12.4 Å². The summed E-state index contributed by atoms with van der Waals surface area (Å²) in [6.45, 7) is 0.563. The summed E-state index contributed by atoms with van der Waals surface area (Å²) in [5.41, 5.74) is 9.37. The third kappa shape index (κ3) is 8.91. The van der Waals surface area contributed by atoms with E-state index in [0.29, 0.717) is 31.4 Å². The summed E-state index contributed by atoms with van der Waals surface area (Å²) >= 11 is 0. The van der Waals surface area contributed by atoms with Crippen LogP contribution in [0, 0.1) is 5.92 Å². The number of benzene rings is 4. The zero-order chi connectivity index (χ0) is 28.2. The van der Waals surface area contributed by atoms with Crippen LogP contribution in [0.25, 0.3) is 0 Å². The molecule has 0 heterocycles. The molecule has 2 unspecified atom stereocenters. The van der Waals surface area contributed by atoms with E-state index in [9.17, 15) is 14.7 Å². The number of carbonyl (C=O) groups is 2. The fraction of sp³-hybridized carbons (Fsp3) is 0.212. The zero-order valence-corrected chi connectivity index (χ0v) is 22.3. The van der Waals surface area contributed by atoms with Crippen LogP contribution in [0.5, 0.6) is 5.75 Å². The molecular formula is C33H35N3O4. The highest BCUT2D eigenvalue weighted by molar-refractivity contribution is 5.95. The van der Waals surface area contributed by atoms with Crippen LogP contribution in [-0.4, -0.2) is 29.7 Å². The molecule has 0 bridgehead atoms. The van der Waals surface area contributed by atoms with Gasteiger partial charge >= 0.3 is 6.09 Å². The van der Waals surface area contributed by atoms with Crippen molar-refractivity contribution in [1.29, 1.82) is 0 Å². The number of ether oxygens (including phenoxy) is 1. The second kappa shape index (κ2) is 14.4. The van der Waals surface area contributed by atoms with Crippen molar-refractivity contribution in [2.45, 2.75) is 31.9 Å². The summed E-state index contributed by atoms with van der Waals surface area (Å²) in [4.78, 5) is 25.7. The Bertz CT molecular complexity index is 1360. The van der Waals surface area contributed by atoms with Crippen LogP contribution in [0.15, 0.2) is 109 Å². The van der Waals surface area contributed by atoms with E-state index >= 15 is 0 Å². The number of nitrogens with two attached hydrogens (primary N) is 1. The molecule has 4 aromatic carbocycles. The number of carbonyl (C=O) groups excluding carboxylic acids is 2. The number of amides is 2. The minimum absolute atomic E-state index is 0.0110. The molecule has 7 heteroatoms. The molecule has 4 rings (SSSR count). The summed E-state index contributed by atoms with van der Waals surface area (Å²) in [7, 11) is 0. The number of hydrogen-bond acceptors (Lipinski definition) is 5. The molecule has 2 amide bonds. The summed E-state index contributed by atoms with van der Waals surface area (Å²) in [5, 5.41) is 16.0. The monoisotopic (exact) mass is 537 g/mol. The molecule has 0 aliphatic carbocycles. The van der Waals surface area contributed by atoms with Crippen molar-refractivity contribution in [3.8, 4) is 5.75 Å². The Hall–Kier alpha value is -4.78. The molecule has 2 atom stereocenters. The standard InChI is InChI=1S/C33H35N3O4/c34-30-17-16-28(21-31(30)37)32(38)35-22-27(18-24-10-4-1-5-11-24)20-29(19-25-12-6-2-7-13-25)36-33(39)40-23-26-14-8-3-9-15-26/h1-17,21,27,29,37H,18-20,22-23,34H2,(H,35,38)(H,36,39). The first kappa shape index (κ1) is 28.2. The average molecular weight is 538 g/mol. The van der Waals surface area contributed by atoms with Crippen LogP contribution in [-0.2, 0) is 24.2 Å². The molecule has 0 saturated carbocycles. The predicted octanol–water partition coefficient (Wildman–Crippen LogP) is 5.49. The van der Waals surface area contributed by atoms with Crippen molar-refractivity contribution in [2.75, 3.05) is 12.3 Å². The first-order chi connectivity index (χ1) is 19.5. The highest BCUT2D eigenvalue weighted by atomic mass is 16.5. The van der Waals surface area contributed by atoms with Gasteiger partial charge in [0.05, 0.1) is 5.69 Å². The predicted molar refractivity (Wildman–Crippen MR) is 157 cm³/mol. The van der Waals surface area contributed by atoms with E-state index < -0.39 is 6.09 Å². The molecule has 4 aromatic rings. The molecule has 5 N–H and O–H groups in total. The fourth-order valence-corrected chi connectivity index (χ4v) is 4.64. The SMILES string of the molecule is Nc1ccc(C(=O)NCC(Cc2ccccc2)CC(Cc2ccccc2)NC(=O)OCc2ccccc2)cc1O. The van der Waals surface area contributed by atoms with E-state index in [4.69, 9.17) is 10.5 Å². The molecule has 0 saturated heterocycles. The van der Waals surface area contributed by atoms with Gasteiger partial charge in [-0.3, -0.25) is 4.79 Å². The summed E-state index contributed by atoms with van der Waals surface area (Å²) in [6.07, 6.45) is 1.45. The summed E-state index contributed by atoms with van der Waals surface area (Å²) < 4.78 is 5.52. The second-order valence-electron chi connectivity index (χ2n) is 9.87. The Morgan fingerprint density at radius 1 is 0.775 bits per heavy atom. The first-order valence-corrected chi connectivity index (χ1v) is 13.4. The lowest BCUT2D eigenvalue weighted by Gasteiger charge is -2.25.